The molecule has 4 nitrogen and oxygen atoms in total. The Morgan fingerprint density at radius 1 is 1.55 bits per heavy atom. The molecule has 5 heteroatoms. The van der Waals surface area contributed by atoms with Crippen molar-refractivity contribution in [2.45, 2.75) is 26.2 Å². The molecule has 0 spiro atoms. The number of nitrogens with zero attached hydrogens (tertiary/aromatic N) is 2. The van der Waals surface area contributed by atoms with E-state index in [0.717, 1.165) is 31.7 Å². The van der Waals surface area contributed by atoms with E-state index in [9.17, 15) is 4.79 Å². The van der Waals surface area contributed by atoms with Crippen LogP contribution in [-0.4, -0.2) is 42.5 Å². The van der Waals surface area contributed by atoms with Crippen LogP contribution < -0.4 is 5.32 Å². The molecule has 1 aliphatic heterocycles. The van der Waals surface area contributed by atoms with Crippen LogP contribution >= 0.6 is 11.6 Å². The minimum atomic E-state index is -0.0641. The van der Waals surface area contributed by atoms with E-state index in [4.69, 9.17) is 11.6 Å². The second kappa shape index (κ2) is 6.55. The van der Waals surface area contributed by atoms with E-state index in [0.29, 0.717) is 16.6 Å². The van der Waals surface area contributed by atoms with Crippen LogP contribution in [0.5, 0.6) is 0 Å². The SMILES string of the molecule is CC(C)c1cc(C(=O)NCC2CCN(C)C2)cc(Cl)n1. The maximum Gasteiger partial charge on any atom is 0.251 e. The normalized spacial score (nSPS) is 19.6. The van der Waals surface area contributed by atoms with Crippen LogP contribution in [0, 0.1) is 5.92 Å². The first-order valence-electron chi connectivity index (χ1n) is 7.10. The number of nitrogens with one attached hydrogen (secondary N) is 1. The Kier molecular flexibility index (Phi) is 5.00. The number of likely N-dealkylation sites (tertiary alicyclic amines) is 1. The van der Waals surface area contributed by atoms with Gasteiger partial charge in [0.05, 0.1) is 0 Å². The van der Waals surface area contributed by atoms with Crippen molar-refractivity contribution in [1.82, 2.24) is 15.2 Å². The van der Waals surface area contributed by atoms with Gasteiger partial charge >= 0.3 is 0 Å². The minimum Gasteiger partial charge on any atom is -0.352 e. The molecule has 1 atom stereocenters. The number of carbonyl (C=O) groups excluding carboxylic acids is 1. The molecule has 1 aromatic heterocycles. The molecule has 1 fully saturated rings. The zero-order chi connectivity index (χ0) is 14.7. The van der Waals surface area contributed by atoms with Crippen molar-refractivity contribution >= 4 is 17.5 Å². The molecule has 2 heterocycles. The molecule has 1 amide bonds. The Hall–Kier alpha value is -1.13. The molecule has 1 N–H and O–H groups in total. The van der Waals surface area contributed by atoms with Gasteiger partial charge in [-0.25, -0.2) is 4.98 Å². The van der Waals surface area contributed by atoms with Crippen LogP contribution in [-0.2, 0) is 0 Å². The third-order valence-corrected chi connectivity index (χ3v) is 3.90. The van der Waals surface area contributed by atoms with E-state index in [2.05, 4.69) is 22.2 Å². The van der Waals surface area contributed by atoms with Crippen molar-refractivity contribution in [3.63, 3.8) is 0 Å². The van der Waals surface area contributed by atoms with Gasteiger partial charge in [0.15, 0.2) is 0 Å². The summed E-state index contributed by atoms with van der Waals surface area (Å²) in [6.07, 6.45) is 1.14. The minimum absolute atomic E-state index is 0.0641. The molecule has 0 aliphatic carbocycles. The molecule has 1 saturated heterocycles. The zero-order valence-electron chi connectivity index (χ0n) is 12.3. The lowest BCUT2D eigenvalue weighted by molar-refractivity contribution is 0.0947. The highest BCUT2D eigenvalue weighted by atomic mass is 35.5. The van der Waals surface area contributed by atoms with Crippen molar-refractivity contribution in [3.05, 3.63) is 28.5 Å². The number of rotatable bonds is 4. The summed E-state index contributed by atoms with van der Waals surface area (Å²) in [4.78, 5) is 18.7. The van der Waals surface area contributed by atoms with E-state index in [-0.39, 0.29) is 11.8 Å². The van der Waals surface area contributed by atoms with Crippen molar-refractivity contribution in [2.75, 3.05) is 26.7 Å². The molecule has 1 aromatic rings. The standard InChI is InChI=1S/C15H22ClN3O/c1-10(2)13-6-12(7-14(16)18-13)15(20)17-8-11-4-5-19(3)9-11/h6-7,10-11H,4-5,8-9H2,1-3H3,(H,17,20). The van der Waals surface area contributed by atoms with Gasteiger partial charge < -0.3 is 10.2 Å². The maximum atomic E-state index is 12.2. The third-order valence-electron chi connectivity index (χ3n) is 3.71. The topological polar surface area (TPSA) is 45.2 Å². The zero-order valence-corrected chi connectivity index (χ0v) is 13.1. The number of aromatic nitrogens is 1. The van der Waals surface area contributed by atoms with Crippen LogP contribution in [0.2, 0.25) is 5.15 Å². The largest absolute Gasteiger partial charge is 0.352 e. The summed E-state index contributed by atoms with van der Waals surface area (Å²) in [6, 6.07) is 3.45. The first-order chi connectivity index (χ1) is 9.45. The van der Waals surface area contributed by atoms with Crippen LogP contribution in [0.3, 0.4) is 0 Å². The number of carbonyl (C=O) groups is 1. The van der Waals surface area contributed by atoms with E-state index in [1.54, 1.807) is 6.07 Å². The van der Waals surface area contributed by atoms with Gasteiger partial charge in [0.25, 0.3) is 5.91 Å². The molecule has 1 aliphatic rings. The Bertz CT molecular complexity index is 490. The number of pyridine rings is 1. The summed E-state index contributed by atoms with van der Waals surface area (Å²) >= 11 is 5.99. The highest BCUT2D eigenvalue weighted by molar-refractivity contribution is 6.29. The fourth-order valence-corrected chi connectivity index (χ4v) is 2.69. The predicted octanol–water partition coefficient (Wildman–Crippen LogP) is 2.54. The van der Waals surface area contributed by atoms with Gasteiger partial charge in [-0.2, -0.15) is 0 Å². The lowest BCUT2D eigenvalue weighted by Gasteiger charge is -2.13. The fourth-order valence-electron chi connectivity index (χ4n) is 2.48. The molecule has 0 saturated carbocycles. The monoisotopic (exact) mass is 295 g/mol. The summed E-state index contributed by atoms with van der Waals surface area (Å²) in [5, 5.41) is 3.38. The molecule has 110 valence electrons. The summed E-state index contributed by atoms with van der Waals surface area (Å²) in [5.74, 6) is 0.736. The number of amides is 1. The van der Waals surface area contributed by atoms with E-state index < -0.39 is 0 Å². The smallest absolute Gasteiger partial charge is 0.251 e. The maximum absolute atomic E-state index is 12.2. The summed E-state index contributed by atoms with van der Waals surface area (Å²) in [7, 11) is 2.11. The van der Waals surface area contributed by atoms with Gasteiger partial charge in [-0.1, -0.05) is 25.4 Å². The van der Waals surface area contributed by atoms with Gasteiger partial charge in [-0.15, -0.1) is 0 Å². The van der Waals surface area contributed by atoms with Crippen molar-refractivity contribution in [3.8, 4) is 0 Å². The highest BCUT2D eigenvalue weighted by Gasteiger charge is 2.20. The predicted molar refractivity (Wildman–Crippen MR) is 81.3 cm³/mol. The van der Waals surface area contributed by atoms with Gasteiger partial charge in [-0.3, -0.25) is 4.79 Å². The Balaban J connectivity index is 1.98. The summed E-state index contributed by atoms with van der Waals surface area (Å²) < 4.78 is 0. The van der Waals surface area contributed by atoms with Crippen molar-refractivity contribution in [2.24, 2.45) is 5.92 Å². The van der Waals surface area contributed by atoms with Crippen molar-refractivity contribution in [1.29, 1.82) is 0 Å². The first-order valence-corrected chi connectivity index (χ1v) is 7.47. The average Bonchev–Trinajstić information content (AvgIpc) is 2.81. The lowest BCUT2D eigenvalue weighted by atomic mass is 10.1. The van der Waals surface area contributed by atoms with Crippen LogP contribution in [0.15, 0.2) is 12.1 Å². The second-order valence-electron chi connectivity index (χ2n) is 5.89. The van der Waals surface area contributed by atoms with Gasteiger partial charge in [-0.05, 0) is 44.0 Å². The molecule has 2 rings (SSSR count). The molecule has 1 unspecified atom stereocenters. The van der Waals surface area contributed by atoms with Crippen LogP contribution in [0.25, 0.3) is 0 Å². The molecule has 20 heavy (non-hydrogen) atoms. The number of halogens is 1. The second-order valence-corrected chi connectivity index (χ2v) is 6.27. The van der Waals surface area contributed by atoms with Gasteiger partial charge in [0.2, 0.25) is 0 Å². The quantitative estimate of drug-likeness (QED) is 0.868. The lowest BCUT2D eigenvalue weighted by Crippen LogP contribution is -2.30. The highest BCUT2D eigenvalue weighted by Crippen LogP contribution is 2.18. The summed E-state index contributed by atoms with van der Waals surface area (Å²) in [6.45, 7) is 6.96. The third kappa shape index (κ3) is 3.93. The molecule has 0 bridgehead atoms. The van der Waals surface area contributed by atoms with Crippen LogP contribution in [0.1, 0.15) is 42.2 Å². The molecular weight excluding hydrogens is 274 g/mol. The van der Waals surface area contributed by atoms with E-state index in [1.165, 1.54) is 0 Å². The molecule has 0 radical (unpaired) electrons. The Labute approximate surface area is 125 Å². The molecular formula is C15H22ClN3O. The van der Waals surface area contributed by atoms with Gasteiger partial charge in [0, 0.05) is 24.3 Å². The number of hydrogen-bond acceptors (Lipinski definition) is 3. The van der Waals surface area contributed by atoms with E-state index in [1.807, 2.05) is 19.9 Å². The fraction of sp³-hybridized carbons (Fsp3) is 0.600. The van der Waals surface area contributed by atoms with E-state index >= 15 is 0 Å². The Morgan fingerprint density at radius 3 is 2.90 bits per heavy atom. The average molecular weight is 296 g/mol. The first kappa shape index (κ1) is 15.3. The van der Waals surface area contributed by atoms with Gasteiger partial charge in [0.1, 0.15) is 5.15 Å². The number of hydrogen-bond donors (Lipinski definition) is 1. The summed E-state index contributed by atoms with van der Waals surface area (Å²) in [5.41, 5.74) is 1.45. The van der Waals surface area contributed by atoms with Crippen molar-refractivity contribution < 1.29 is 4.79 Å². The van der Waals surface area contributed by atoms with Crippen LogP contribution in [0.4, 0.5) is 0 Å². The Morgan fingerprint density at radius 2 is 2.30 bits per heavy atom. The molecule has 0 aromatic carbocycles.